The second-order valence-corrected chi connectivity index (χ2v) is 20.9. The number of urea groups is 1. The molecule has 4 N–H and O–H groups in total. The van der Waals surface area contributed by atoms with E-state index in [1.807, 2.05) is 126 Å². The molecule has 20 heteroatoms. The molecule has 2 heterocycles. The maximum Gasteiger partial charge on any atom is 0.333 e. The molecule has 356 valence electrons. The minimum Gasteiger partial charge on any atom is -0.387 e. The fourth-order valence-corrected chi connectivity index (χ4v) is 7.93. The molecular formula is C44H68F2N10O6S2. The summed E-state index contributed by atoms with van der Waals surface area (Å²) < 4.78 is 86.0. The lowest BCUT2D eigenvalue weighted by atomic mass is 9.92. The van der Waals surface area contributed by atoms with Crippen molar-refractivity contribution < 1.29 is 35.1 Å². The molecule has 0 aliphatic heterocycles. The zero-order valence-corrected chi connectivity index (χ0v) is 41.7. The molecule has 0 fully saturated rings. The van der Waals surface area contributed by atoms with Gasteiger partial charge < -0.3 is 19.9 Å². The summed E-state index contributed by atoms with van der Waals surface area (Å²) in [5.74, 6) is -0.0841. The van der Waals surface area contributed by atoms with Crippen LogP contribution in [0.3, 0.4) is 0 Å². The van der Waals surface area contributed by atoms with Gasteiger partial charge in [0.15, 0.2) is 10.1 Å². The minimum absolute atomic E-state index is 0.0517. The molecule has 2 aromatic carbocycles. The van der Waals surface area contributed by atoms with Crippen molar-refractivity contribution in [1.82, 2.24) is 34.1 Å². The number of ether oxygens (including phenoxy) is 1. The number of benzene rings is 2. The smallest absolute Gasteiger partial charge is 0.333 e. The average Bonchev–Trinajstić information content (AvgIpc) is 3.78. The highest BCUT2D eigenvalue weighted by molar-refractivity contribution is 7.90. The fourth-order valence-electron chi connectivity index (χ4n) is 6.54. The number of halogens is 2. The molecule has 2 amide bonds. The maximum atomic E-state index is 14.1. The number of carbonyl (C=O) groups excluding carboxylic acids is 1. The Bertz CT molecular complexity index is 2410. The van der Waals surface area contributed by atoms with E-state index in [1.54, 1.807) is 15.6 Å². The van der Waals surface area contributed by atoms with Crippen LogP contribution in [0.4, 0.5) is 19.3 Å². The molecule has 0 aliphatic rings. The lowest BCUT2D eigenvalue weighted by molar-refractivity contribution is 0.256. The second kappa shape index (κ2) is 23.3. The third-order valence-electron chi connectivity index (χ3n) is 9.46. The number of hydrogen-bond acceptors (Lipinski definition) is 11. The van der Waals surface area contributed by atoms with Gasteiger partial charge in [-0.3, -0.25) is 9.36 Å². The van der Waals surface area contributed by atoms with Crippen LogP contribution in [-0.4, -0.2) is 80.4 Å². The molecule has 0 aliphatic carbocycles. The molecule has 0 spiro atoms. The average molecular weight is 935 g/mol. The summed E-state index contributed by atoms with van der Waals surface area (Å²) in [6, 6.07) is 7.70. The quantitative estimate of drug-likeness (QED) is 0.0962. The van der Waals surface area contributed by atoms with Crippen molar-refractivity contribution in [1.29, 1.82) is 5.26 Å². The standard InChI is InChI=1S/C22H34FN5O3S.C13H16FNO.C9H18N4O2S/c1-13(2)18-9-16(23)10-19(14(3)4)21(18)24-22(29)26-32(30,31)20-11-17(12-27(7)8)28(25-20)15(5)6;1-8(2)11-5-10(14)6-12(9(3)4)13(11)16-7-15;1-7(2)13-8(6-12(3)4)5-9(11-13)16(10,14)15/h9-11,13-15H,12H2,1-8H3,(H2,24,26,29);5-6,8-9H,1-4H3;5,7H,6H2,1-4H3,(H2,10,14,15). The van der Waals surface area contributed by atoms with Crippen LogP contribution in [0.2, 0.25) is 0 Å². The van der Waals surface area contributed by atoms with Crippen molar-refractivity contribution in [2.75, 3.05) is 33.5 Å². The lowest BCUT2D eigenvalue weighted by Gasteiger charge is -2.20. The van der Waals surface area contributed by atoms with Crippen LogP contribution in [0.1, 0.15) is 152 Å². The Balaban J connectivity index is 0.000000368. The lowest BCUT2D eigenvalue weighted by Crippen LogP contribution is -2.35. The van der Waals surface area contributed by atoms with Gasteiger partial charge in [0.05, 0.1) is 11.4 Å². The van der Waals surface area contributed by atoms with E-state index < -0.39 is 31.9 Å². The number of hydrogen-bond donors (Lipinski definition) is 3. The normalized spacial score (nSPS) is 12.0. The largest absolute Gasteiger partial charge is 0.387 e. The first-order chi connectivity index (χ1) is 29.4. The molecule has 16 nitrogen and oxygen atoms in total. The minimum atomic E-state index is -4.21. The van der Waals surface area contributed by atoms with E-state index in [9.17, 15) is 30.4 Å². The predicted molar refractivity (Wildman–Crippen MR) is 246 cm³/mol. The van der Waals surface area contributed by atoms with Gasteiger partial charge in [-0.05, 0) is 115 Å². The van der Waals surface area contributed by atoms with E-state index >= 15 is 0 Å². The number of carbonyl (C=O) groups is 1. The summed E-state index contributed by atoms with van der Waals surface area (Å²) in [7, 11) is -0.366. The van der Waals surface area contributed by atoms with Crippen LogP contribution in [0.5, 0.6) is 5.75 Å². The summed E-state index contributed by atoms with van der Waals surface area (Å²) >= 11 is 0. The van der Waals surface area contributed by atoms with E-state index in [0.29, 0.717) is 41.3 Å². The first-order valence-corrected chi connectivity index (χ1v) is 24.0. The molecule has 0 unspecified atom stereocenters. The zero-order chi connectivity index (χ0) is 49.2. The molecule has 0 saturated heterocycles. The summed E-state index contributed by atoms with van der Waals surface area (Å²) in [5.41, 5.74) is 4.65. The number of nitrogens with zero attached hydrogens (tertiary/aromatic N) is 7. The number of nitrogens with one attached hydrogen (secondary N) is 2. The summed E-state index contributed by atoms with van der Waals surface area (Å²) in [5, 5.41) is 24.2. The fraction of sp³-hybridized carbons (Fsp3) is 0.545. The van der Waals surface area contributed by atoms with E-state index in [-0.39, 0.29) is 51.6 Å². The molecular weight excluding hydrogens is 867 g/mol. The molecule has 64 heavy (non-hydrogen) atoms. The van der Waals surface area contributed by atoms with Crippen LogP contribution in [-0.2, 0) is 33.1 Å². The first-order valence-electron chi connectivity index (χ1n) is 21.0. The van der Waals surface area contributed by atoms with Gasteiger partial charge in [-0.15, -0.1) is 5.26 Å². The molecule has 0 saturated carbocycles. The highest BCUT2D eigenvalue weighted by Crippen LogP contribution is 2.36. The van der Waals surface area contributed by atoms with Crippen LogP contribution in [0, 0.1) is 23.2 Å². The van der Waals surface area contributed by atoms with Gasteiger partial charge in [0, 0.05) is 54.1 Å². The highest BCUT2D eigenvalue weighted by atomic mass is 32.2. The number of anilines is 1. The molecule has 0 atom stereocenters. The number of sulfonamides is 2. The van der Waals surface area contributed by atoms with Gasteiger partial charge >= 0.3 is 6.03 Å². The summed E-state index contributed by atoms with van der Waals surface area (Å²) in [6.45, 7) is 24.1. The first kappa shape index (κ1) is 55.2. The number of rotatable bonds is 15. The van der Waals surface area contributed by atoms with Crippen LogP contribution in [0.15, 0.2) is 46.5 Å². The number of amides is 2. The maximum absolute atomic E-state index is 14.1. The Labute approximate surface area is 379 Å². The Morgan fingerprint density at radius 2 is 1.05 bits per heavy atom. The van der Waals surface area contributed by atoms with Crippen molar-refractivity contribution >= 4 is 31.8 Å². The van der Waals surface area contributed by atoms with Crippen molar-refractivity contribution in [3.8, 4) is 12.0 Å². The van der Waals surface area contributed by atoms with Gasteiger partial charge in [-0.2, -0.15) is 18.6 Å². The van der Waals surface area contributed by atoms with Crippen molar-refractivity contribution in [2.24, 2.45) is 5.14 Å². The molecule has 2 aromatic heterocycles. The zero-order valence-electron chi connectivity index (χ0n) is 40.1. The van der Waals surface area contributed by atoms with E-state index in [4.69, 9.17) is 15.1 Å². The van der Waals surface area contributed by atoms with Crippen molar-refractivity contribution in [2.45, 2.75) is 142 Å². The number of nitriles is 1. The van der Waals surface area contributed by atoms with E-state index in [1.165, 1.54) is 36.4 Å². The van der Waals surface area contributed by atoms with Gasteiger partial charge in [0.2, 0.25) is 0 Å². The Morgan fingerprint density at radius 1 is 0.688 bits per heavy atom. The topological polar surface area (TPSA) is 211 Å². The molecule has 4 aromatic rings. The van der Waals surface area contributed by atoms with Gasteiger partial charge in [-0.25, -0.2) is 31.9 Å². The molecule has 0 radical (unpaired) electrons. The Morgan fingerprint density at radius 3 is 1.38 bits per heavy atom. The predicted octanol–water partition coefficient (Wildman–Crippen LogP) is 8.53. The Hall–Kier alpha value is -4.94. The second-order valence-electron chi connectivity index (χ2n) is 17.8. The Kier molecular flexibility index (Phi) is 20.1. The highest BCUT2D eigenvalue weighted by Gasteiger charge is 2.26. The molecule has 0 bridgehead atoms. The van der Waals surface area contributed by atoms with Gasteiger partial charge in [0.1, 0.15) is 17.4 Å². The summed E-state index contributed by atoms with van der Waals surface area (Å²) in [6.07, 6.45) is 1.67. The van der Waals surface area contributed by atoms with Crippen LogP contribution in [0.25, 0.3) is 0 Å². The van der Waals surface area contributed by atoms with E-state index in [2.05, 4.69) is 15.5 Å². The molecule has 4 rings (SSSR count). The van der Waals surface area contributed by atoms with Crippen molar-refractivity contribution in [3.05, 3.63) is 81.7 Å². The van der Waals surface area contributed by atoms with Gasteiger partial charge in [0.25, 0.3) is 26.3 Å². The number of primary sulfonamides is 1. The monoisotopic (exact) mass is 934 g/mol. The van der Waals surface area contributed by atoms with Crippen LogP contribution < -0.4 is 19.9 Å². The third kappa shape index (κ3) is 15.6. The van der Waals surface area contributed by atoms with Crippen molar-refractivity contribution in [3.63, 3.8) is 0 Å². The SMILES string of the molecule is CC(C)c1cc(F)cc(C(C)C)c1NC(=O)NS(=O)(=O)c1cc(CN(C)C)n(C(C)C)n1.CC(C)c1cc(F)cc(C(C)C)c1OC#N.CC(C)n1nc(S(N)(=O)=O)cc1CN(C)C. The van der Waals surface area contributed by atoms with Crippen LogP contribution >= 0.6 is 0 Å². The van der Waals surface area contributed by atoms with E-state index in [0.717, 1.165) is 16.8 Å². The third-order valence-corrected chi connectivity index (χ3v) is 11.4. The summed E-state index contributed by atoms with van der Waals surface area (Å²) in [4.78, 5) is 16.6. The number of aromatic nitrogens is 4. The van der Waals surface area contributed by atoms with Gasteiger partial charge in [-0.1, -0.05) is 55.4 Å². The number of nitrogens with two attached hydrogens (primary N) is 1.